The van der Waals surface area contributed by atoms with E-state index >= 15 is 0 Å². The van der Waals surface area contributed by atoms with Gasteiger partial charge in [0.15, 0.2) is 5.82 Å². The Morgan fingerprint density at radius 2 is 2.00 bits per heavy atom. The Morgan fingerprint density at radius 1 is 1.33 bits per heavy atom. The van der Waals surface area contributed by atoms with Crippen molar-refractivity contribution in [2.45, 2.75) is 32.3 Å². The summed E-state index contributed by atoms with van der Waals surface area (Å²) in [4.78, 5) is 23.2. The molecule has 1 rings (SSSR count). The molecule has 0 bridgehead atoms. The van der Waals surface area contributed by atoms with Crippen molar-refractivity contribution in [1.82, 2.24) is 15.0 Å². The molecule has 0 aromatic carbocycles. The highest BCUT2D eigenvalue weighted by Gasteiger charge is 2.17. The summed E-state index contributed by atoms with van der Waals surface area (Å²) < 4.78 is 9.93. The predicted octanol–water partition coefficient (Wildman–Crippen LogP) is 1.97. The van der Waals surface area contributed by atoms with Crippen LogP contribution in [0.1, 0.15) is 26.6 Å². The van der Waals surface area contributed by atoms with E-state index in [2.05, 4.69) is 20.3 Å². The van der Waals surface area contributed by atoms with Gasteiger partial charge < -0.3 is 9.47 Å². The highest BCUT2D eigenvalue weighted by Crippen LogP contribution is 2.11. The van der Waals surface area contributed by atoms with E-state index in [1.165, 1.54) is 7.11 Å². The molecular formula is C10H15ClN4O3. The molecule has 0 saturated heterocycles. The van der Waals surface area contributed by atoms with Crippen molar-refractivity contribution < 1.29 is 14.3 Å². The van der Waals surface area contributed by atoms with Gasteiger partial charge in [-0.1, -0.05) is 0 Å². The Morgan fingerprint density at radius 3 is 2.50 bits per heavy atom. The maximum atomic E-state index is 11.5. The van der Waals surface area contributed by atoms with E-state index in [1.807, 2.05) is 0 Å². The number of anilines is 1. The van der Waals surface area contributed by atoms with Crippen molar-refractivity contribution in [3.63, 3.8) is 0 Å². The average Bonchev–Trinajstić information content (AvgIpc) is 2.25. The van der Waals surface area contributed by atoms with Crippen molar-refractivity contribution in [2.75, 3.05) is 12.4 Å². The molecule has 0 saturated carbocycles. The minimum Gasteiger partial charge on any atom is -0.467 e. The van der Waals surface area contributed by atoms with Crippen molar-refractivity contribution in [3.05, 3.63) is 5.82 Å². The molecule has 0 aliphatic heterocycles. The molecule has 0 unspecified atom stereocenters. The molecule has 0 fully saturated rings. The van der Waals surface area contributed by atoms with Crippen molar-refractivity contribution >= 4 is 23.6 Å². The number of hydrogen-bond acceptors (Lipinski definition) is 6. The van der Waals surface area contributed by atoms with Crippen molar-refractivity contribution in [1.29, 1.82) is 0 Å². The Hall–Kier alpha value is -1.63. The Labute approximate surface area is 110 Å². The molecule has 1 heterocycles. The van der Waals surface area contributed by atoms with Gasteiger partial charge in [-0.25, -0.2) is 4.79 Å². The number of alkyl halides is 1. The molecule has 0 radical (unpaired) electrons. The molecular weight excluding hydrogens is 260 g/mol. The quantitative estimate of drug-likeness (QED) is 0.848. The van der Waals surface area contributed by atoms with Gasteiger partial charge in [0.05, 0.1) is 13.0 Å². The first-order chi connectivity index (χ1) is 8.34. The van der Waals surface area contributed by atoms with Crippen LogP contribution < -0.4 is 10.1 Å². The van der Waals surface area contributed by atoms with Crippen LogP contribution in [0.15, 0.2) is 0 Å². The summed E-state index contributed by atoms with van der Waals surface area (Å²) in [6.45, 7) is 5.26. The van der Waals surface area contributed by atoms with Crippen LogP contribution in [0.3, 0.4) is 0 Å². The lowest BCUT2D eigenvalue weighted by atomic mass is 10.2. The van der Waals surface area contributed by atoms with Gasteiger partial charge in [-0.2, -0.15) is 15.0 Å². The normalized spacial score (nSPS) is 10.9. The van der Waals surface area contributed by atoms with Gasteiger partial charge in [0.25, 0.3) is 0 Å². The highest BCUT2D eigenvalue weighted by atomic mass is 35.5. The van der Waals surface area contributed by atoms with Crippen LogP contribution in [0.5, 0.6) is 6.01 Å². The minimum absolute atomic E-state index is 0.0340. The molecule has 0 spiro atoms. The van der Waals surface area contributed by atoms with E-state index in [4.69, 9.17) is 21.1 Å². The summed E-state index contributed by atoms with van der Waals surface area (Å²) in [7, 11) is 1.41. The SMILES string of the molecule is COc1nc(CCl)nc(NC(=O)OC(C)(C)C)n1. The zero-order chi connectivity index (χ0) is 13.8. The van der Waals surface area contributed by atoms with Crippen LogP contribution in [-0.4, -0.2) is 33.8 Å². The molecule has 1 amide bonds. The second-order valence-electron chi connectivity index (χ2n) is 4.32. The zero-order valence-corrected chi connectivity index (χ0v) is 11.4. The maximum Gasteiger partial charge on any atom is 0.414 e. The van der Waals surface area contributed by atoms with E-state index in [0.29, 0.717) is 5.82 Å². The van der Waals surface area contributed by atoms with Crippen LogP contribution in [-0.2, 0) is 10.6 Å². The Bertz CT molecular complexity index is 411. The van der Waals surface area contributed by atoms with Crippen LogP contribution in [0, 0.1) is 0 Å². The number of ether oxygens (including phenoxy) is 2. The fourth-order valence-electron chi connectivity index (χ4n) is 1.00. The van der Waals surface area contributed by atoms with E-state index in [9.17, 15) is 4.79 Å². The van der Waals surface area contributed by atoms with Gasteiger partial charge in [0.1, 0.15) is 5.60 Å². The third-order valence-electron chi connectivity index (χ3n) is 1.58. The van der Waals surface area contributed by atoms with E-state index in [0.717, 1.165) is 0 Å². The highest BCUT2D eigenvalue weighted by molar-refractivity contribution is 6.16. The van der Waals surface area contributed by atoms with E-state index in [-0.39, 0.29) is 17.8 Å². The molecule has 1 aromatic rings. The lowest BCUT2D eigenvalue weighted by Crippen LogP contribution is -2.28. The summed E-state index contributed by atoms with van der Waals surface area (Å²) in [5.41, 5.74) is -0.601. The third kappa shape index (κ3) is 4.70. The average molecular weight is 275 g/mol. The summed E-state index contributed by atoms with van der Waals surface area (Å²) >= 11 is 5.62. The molecule has 18 heavy (non-hydrogen) atoms. The van der Waals surface area contributed by atoms with E-state index < -0.39 is 11.7 Å². The first-order valence-electron chi connectivity index (χ1n) is 5.19. The lowest BCUT2D eigenvalue weighted by molar-refractivity contribution is 0.0634. The molecule has 0 aliphatic rings. The second-order valence-corrected chi connectivity index (χ2v) is 4.59. The van der Waals surface area contributed by atoms with Gasteiger partial charge >= 0.3 is 12.1 Å². The monoisotopic (exact) mass is 274 g/mol. The number of nitrogens with one attached hydrogen (secondary N) is 1. The Kier molecular flexibility index (Phi) is 4.66. The fraction of sp³-hybridized carbons (Fsp3) is 0.600. The number of aromatic nitrogens is 3. The first-order valence-corrected chi connectivity index (χ1v) is 5.72. The smallest absolute Gasteiger partial charge is 0.414 e. The Balaban J connectivity index is 2.80. The molecule has 0 atom stereocenters. The summed E-state index contributed by atoms with van der Waals surface area (Å²) in [6.07, 6.45) is -0.656. The fourth-order valence-corrected chi connectivity index (χ4v) is 1.12. The minimum atomic E-state index is -0.656. The number of carbonyl (C=O) groups is 1. The van der Waals surface area contributed by atoms with Gasteiger partial charge in [0.2, 0.25) is 5.95 Å². The van der Waals surface area contributed by atoms with Gasteiger partial charge in [0, 0.05) is 0 Å². The number of rotatable bonds is 3. The first kappa shape index (κ1) is 14.4. The third-order valence-corrected chi connectivity index (χ3v) is 1.82. The molecule has 1 N–H and O–H groups in total. The van der Waals surface area contributed by atoms with Crippen molar-refractivity contribution in [2.24, 2.45) is 0 Å². The topological polar surface area (TPSA) is 86.2 Å². The number of nitrogens with zero attached hydrogens (tertiary/aromatic N) is 3. The van der Waals surface area contributed by atoms with Crippen LogP contribution in [0.4, 0.5) is 10.7 Å². The maximum absolute atomic E-state index is 11.5. The lowest BCUT2D eigenvalue weighted by Gasteiger charge is -2.19. The summed E-state index contributed by atoms with van der Waals surface area (Å²) in [5.74, 6) is 0.420. The largest absolute Gasteiger partial charge is 0.467 e. The number of methoxy groups -OCH3 is 1. The molecule has 1 aromatic heterocycles. The second kappa shape index (κ2) is 5.81. The van der Waals surface area contributed by atoms with Gasteiger partial charge in [-0.15, -0.1) is 11.6 Å². The zero-order valence-electron chi connectivity index (χ0n) is 10.7. The molecule has 7 nitrogen and oxygen atoms in total. The number of halogens is 1. The number of carbonyl (C=O) groups excluding carboxylic acids is 1. The van der Waals surface area contributed by atoms with Crippen LogP contribution in [0.25, 0.3) is 0 Å². The standard InChI is InChI=1S/C10H15ClN4O3/c1-10(2,3)18-9(16)15-7-12-6(5-11)13-8(14-7)17-4/h5H2,1-4H3,(H,12,13,14,15,16). The van der Waals surface area contributed by atoms with Gasteiger partial charge in [-0.05, 0) is 20.8 Å². The number of hydrogen-bond donors (Lipinski definition) is 1. The van der Waals surface area contributed by atoms with Crippen LogP contribution in [0.2, 0.25) is 0 Å². The van der Waals surface area contributed by atoms with Crippen molar-refractivity contribution in [3.8, 4) is 6.01 Å². The molecule has 0 aliphatic carbocycles. The molecule has 8 heteroatoms. The summed E-state index contributed by atoms with van der Waals surface area (Å²) in [5, 5.41) is 2.39. The summed E-state index contributed by atoms with van der Waals surface area (Å²) in [6, 6.07) is 0.0757. The molecule has 100 valence electrons. The van der Waals surface area contributed by atoms with Gasteiger partial charge in [-0.3, -0.25) is 5.32 Å². The number of amides is 1. The van der Waals surface area contributed by atoms with E-state index in [1.54, 1.807) is 20.8 Å². The predicted molar refractivity (Wildman–Crippen MR) is 65.8 cm³/mol. The van der Waals surface area contributed by atoms with Crippen LogP contribution >= 0.6 is 11.6 Å².